The maximum atomic E-state index is 13.7. The number of carboxylic acids is 2. The van der Waals surface area contributed by atoms with E-state index in [0.29, 0.717) is 6.54 Å². The molecule has 0 atom stereocenters. The van der Waals surface area contributed by atoms with Gasteiger partial charge in [-0.3, -0.25) is 14.7 Å². The Bertz CT molecular complexity index is 1360. The number of benzene rings is 1. The first kappa shape index (κ1) is 33.3. The SMILES string of the molecule is O=C(O)C(F)(F)F.O=C(O)C(F)(F)F.O=C1N(Cc2cccnc2)c2ccccc2NC12CCN(Cc1nccs1)CC2. The minimum atomic E-state index is -5.08. The molecular weight excluding hydrogens is 608 g/mol. The Labute approximate surface area is 244 Å². The monoisotopic (exact) mass is 633 g/mol. The molecule has 1 aromatic carbocycles. The van der Waals surface area contributed by atoms with Gasteiger partial charge in [0.1, 0.15) is 10.5 Å². The summed E-state index contributed by atoms with van der Waals surface area (Å²) in [4.78, 5) is 44.4. The summed E-state index contributed by atoms with van der Waals surface area (Å²) in [5.41, 5.74) is 2.46. The van der Waals surface area contributed by atoms with Gasteiger partial charge in [0.15, 0.2) is 0 Å². The van der Waals surface area contributed by atoms with Crippen molar-refractivity contribution < 1.29 is 50.9 Å². The lowest BCUT2D eigenvalue weighted by atomic mass is 9.83. The summed E-state index contributed by atoms with van der Waals surface area (Å²) in [6.07, 6.45) is -3.15. The molecule has 2 aromatic heterocycles. The lowest BCUT2D eigenvalue weighted by Gasteiger charge is -2.47. The summed E-state index contributed by atoms with van der Waals surface area (Å²) in [5.74, 6) is -5.35. The molecule has 1 spiro atoms. The number of nitrogens with one attached hydrogen (secondary N) is 1. The smallest absolute Gasteiger partial charge is 0.475 e. The van der Waals surface area contributed by atoms with Gasteiger partial charge in [0.25, 0.3) is 5.91 Å². The van der Waals surface area contributed by atoms with Crippen molar-refractivity contribution in [2.45, 2.75) is 43.8 Å². The third kappa shape index (κ3) is 9.12. The third-order valence-corrected chi connectivity index (χ3v) is 7.09. The number of aliphatic carboxylic acids is 2. The number of pyridine rings is 1. The molecule has 232 valence electrons. The minimum Gasteiger partial charge on any atom is -0.475 e. The van der Waals surface area contributed by atoms with Gasteiger partial charge in [0.2, 0.25) is 0 Å². The summed E-state index contributed by atoms with van der Waals surface area (Å²) in [6, 6.07) is 12.0. The first-order chi connectivity index (χ1) is 20.1. The summed E-state index contributed by atoms with van der Waals surface area (Å²) in [7, 11) is 0. The normalized spacial score (nSPS) is 16.1. The summed E-state index contributed by atoms with van der Waals surface area (Å²) in [6.45, 7) is 3.15. The lowest BCUT2D eigenvalue weighted by Crippen LogP contribution is -2.61. The van der Waals surface area contributed by atoms with Crippen molar-refractivity contribution >= 4 is 40.6 Å². The molecule has 17 heteroatoms. The molecule has 1 fully saturated rings. The van der Waals surface area contributed by atoms with Crippen LogP contribution in [0.25, 0.3) is 0 Å². The van der Waals surface area contributed by atoms with E-state index in [1.165, 1.54) is 0 Å². The Hall–Kier alpha value is -4.25. The van der Waals surface area contributed by atoms with Crippen LogP contribution in [0.15, 0.2) is 60.4 Å². The number of carbonyl (C=O) groups excluding carboxylic acids is 1. The molecule has 4 heterocycles. The molecule has 3 aromatic rings. The standard InChI is InChI=1S/C22H23N5OS.2C2HF3O2/c28-21-22(7-11-26(12-8-22)16-20-24-10-13-29-20)25-18-5-1-2-6-19(18)27(21)15-17-4-3-9-23-14-17;2*3-2(4,5)1(6)7/h1-6,9-10,13-14,25H,7-8,11-12,15-16H2;2*(H,6,7). The van der Waals surface area contributed by atoms with Crippen LogP contribution in [0.2, 0.25) is 0 Å². The van der Waals surface area contributed by atoms with Crippen molar-refractivity contribution in [2.24, 2.45) is 0 Å². The second-order valence-electron chi connectivity index (χ2n) is 9.28. The average molecular weight is 634 g/mol. The molecule has 2 aliphatic heterocycles. The number of rotatable bonds is 4. The number of para-hydroxylation sites is 2. The molecule has 0 radical (unpaired) electrons. The molecule has 0 aliphatic carbocycles. The van der Waals surface area contributed by atoms with Crippen LogP contribution >= 0.6 is 11.3 Å². The fraction of sp³-hybridized carbons (Fsp3) is 0.346. The number of carbonyl (C=O) groups is 3. The highest BCUT2D eigenvalue weighted by molar-refractivity contribution is 7.09. The maximum absolute atomic E-state index is 13.7. The van der Waals surface area contributed by atoms with Crippen molar-refractivity contribution in [3.63, 3.8) is 0 Å². The lowest BCUT2D eigenvalue weighted by molar-refractivity contribution is -0.193. The molecule has 1 saturated heterocycles. The van der Waals surface area contributed by atoms with Crippen molar-refractivity contribution in [1.82, 2.24) is 14.9 Å². The Kier molecular flexibility index (Phi) is 10.7. The van der Waals surface area contributed by atoms with E-state index in [9.17, 15) is 31.1 Å². The largest absolute Gasteiger partial charge is 0.490 e. The van der Waals surface area contributed by atoms with Gasteiger partial charge in [0, 0.05) is 37.1 Å². The zero-order valence-electron chi connectivity index (χ0n) is 22.1. The third-order valence-electron chi connectivity index (χ3n) is 6.32. The first-order valence-corrected chi connectivity index (χ1v) is 13.3. The molecule has 10 nitrogen and oxygen atoms in total. The number of aromatic nitrogens is 2. The van der Waals surface area contributed by atoms with Crippen LogP contribution in [0.3, 0.4) is 0 Å². The van der Waals surface area contributed by atoms with Gasteiger partial charge in [0.05, 0.1) is 24.5 Å². The fourth-order valence-electron chi connectivity index (χ4n) is 4.28. The first-order valence-electron chi connectivity index (χ1n) is 12.4. The van der Waals surface area contributed by atoms with E-state index >= 15 is 0 Å². The molecule has 43 heavy (non-hydrogen) atoms. The predicted molar refractivity (Wildman–Crippen MR) is 142 cm³/mol. The van der Waals surface area contributed by atoms with E-state index in [4.69, 9.17) is 19.8 Å². The Morgan fingerprint density at radius 3 is 2.05 bits per heavy atom. The minimum absolute atomic E-state index is 0.161. The summed E-state index contributed by atoms with van der Waals surface area (Å²) >= 11 is 1.69. The van der Waals surface area contributed by atoms with Crippen molar-refractivity contribution in [3.8, 4) is 0 Å². The van der Waals surface area contributed by atoms with Crippen LogP contribution in [0.5, 0.6) is 0 Å². The number of nitrogens with zero attached hydrogens (tertiary/aromatic N) is 4. The fourth-order valence-corrected chi connectivity index (χ4v) is 4.94. The number of likely N-dealkylation sites (tertiary alicyclic amines) is 1. The van der Waals surface area contributed by atoms with E-state index in [2.05, 4.69) is 26.3 Å². The van der Waals surface area contributed by atoms with E-state index in [1.54, 1.807) is 17.5 Å². The maximum Gasteiger partial charge on any atom is 0.490 e. The van der Waals surface area contributed by atoms with Crippen LogP contribution in [0.4, 0.5) is 37.7 Å². The Balaban J connectivity index is 0.000000303. The zero-order valence-corrected chi connectivity index (χ0v) is 22.9. The van der Waals surface area contributed by atoms with Gasteiger partial charge < -0.3 is 20.4 Å². The van der Waals surface area contributed by atoms with Crippen molar-refractivity contribution in [2.75, 3.05) is 23.3 Å². The van der Waals surface area contributed by atoms with Gasteiger partial charge in [-0.05, 0) is 36.6 Å². The number of carboxylic acid groups (broad SMARTS) is 2. The molecule has 2 aliphatic rings. The van der Waals surface area contributed by atoms with Crippen molar-refractivity contribution in [1.29, 1.82) is 0 Å². The second-order valence-corrected chi connectivity index (χ2v) is 10.3. The molecule has 0 bridgehead atoms. The molecule has 1 amide bonds. The summed E-state index contributed by atoms with van der Waals surface area (Å²) < 4.78 is 63.5. The number of hydrogen-bond donors (Lipinski definition) is 3. The molecule has 0 unspecified atom stereocenters. The topological polar surface area (TPSA) is 136 Å². The number of anilines is 2. The zero-order chi connectivity index (χ0) is 31.8. The second kappa shape index (κ2) is 13.8. The predicted octanol–water partition coefficient (Wildman–Crippen LogP) is 4.80. The Morgan fingerprint density at radius 2 is 1.53 bits per heavy atom. The molecular formula is C26H25F6N5O5S. The number of amides is 1. The van der Waals surface area contributed by atoms with Gasteiger partial charge in [-0.2, -0.15) is 26.3 Å². The van der Waals surface area contributed by atoms with Gasteiger partial charge >= 0.3 is 24.3 Å². The average Bonchev–Trinajstić information content (AvgIpc) is 3.46. The number of halogens is 6. The van der Waals surface area contributed by atoms with E-state index in [0.717, 1.165) is 54.4 Å². The highest BCUT2D eigenvalue weighted by Gasteiger charge is 2.47. The van der Waals surface area contributed by atoms with Gasteiger partial charge in [-0.15, -0.1) is 11.3 Å². The number of fused-ring (bicyclic) bond motifs is 1. The summed E-state index contributed by atoms with van der Waals surface area (Å²) in [5, 5.41) is 21.0. The quantitative estimate of drug-likeness (QED) is 0.346. The number of hydrogen-bond acceptors (Lipinski definition) is 8. The van der Waals surface area contributed by atoms with Gasteiger partial charge in [-0.1, -0.05) is 18.2 Å². The van der Waals surface area contributed by atoms with Crippen LogP contribution < -0.4 is 10.2 Å². The van der Waals surface area contributed by atoms with Gasteiger partial charge in [-0.25, -0.2) is 14.6 Å². The highest BCUT2D eigenvalue weighted by atomic mass is 32.1. The number of alkyl halides is 6. The number of piperidine rings is 1. The number of thiazole rings is 1. The highest BCUT2D eigenvalue weighted by Crippen LogP contribution is 2.40. The van der Waals surface area contributed by atoms with Crippen LogP contribution in [0, 0.1) is 0 Å². The van der Waals surface area contributed by atoms with E-state index in [1.807, 2.05) is 53.0 Å². The molecule has 5 rings (SSSR count). The molecule has 3 N–H and O–H groups in total. The molecule has 0 saturated carbocycles. The Morgan fingerprint density at radius 1 is 0.930 bits per heavy atom. The van der Waals surface area contributed by atoms with Crippen LogP contribution in [-0.4, -0.2) is 73.9 Å². The van der Waals surface area contributed by atoms with E-state index in [-0.39, 0.29) is 5.91 Å². The van der Waals surface area contributed by atoms with E-state index < -0.39 is 29.8 Å². The van der Waals surface area contributed by atoms with Crippen molar-refractivity contribution in [3.05, 3.63) is 70.9 Å². The van der Waals surface area contributed by atoms with Crippen LogP contribution in [-0.2, 0) is 27.5 Å². The van der Waals surface area contributed by atoms with Crippen LogP contribution in [0.1, 0.15) is 23.4 Å².